The lowest BCUT2D eigenvalue weighted by atomic mass is 10.1. The van der Waals surface area contributed by atoms with Crippen LogP contribution in [0.25, 0.3) is 0 Å². The number of anilines is 1. The predicted molar refractivity (Wildman–Crippen MR) is 101 cm³/mol. The highest BCUT2D eigenvalue weighted by Crippen LogP contribution is 2.30. The summed E-state index contributed by atoms with van der Waals surface area (Å²) in [6.07, 6.45) is 3.37. The second-order valence-corrected chi connectivity index (χ2v) is 8.85. The van der Waals surface area contributed by atoms with Gasteiger partial charge in [0.15, 0.2) is 9.84 Å². The highest BCUT2D eigenvalue weighted by molar-refractivity contribution is 7.92. The molecule has 1 fully saturated rings. The molecule has 1 N–H and O–H groups in total. The van der Waals surface area contributed by atoms with Crippen molar-refractivity contribution in [2.24, 2.45) is 0 Å². The van der Waals surface area contributed by atoms with Gasteiger partial charge in [0, 0.05) is 17.8 Å². The SMILES string of the molecule is O=C(Cc1ccc([N+](=O)[O-])cc1)Nc1ccc(S(=O)(=O)C2CCCC2)cc1. The summed E-state index contributed by atoms with van der Waals surface area (Å²) in [5, 5.41) is 13.0. The molecular formula is C19H20N2O5S. The highest BCUT2D eigenvalue weighted by atomic mass is 32.2. The van der Waals surface area contributed by atoms with Crippen LogP contribution in [0.5, 0.6) is 0 Å². The van der Waals surface area contributed by atoms with E-state index >= 15 is 0 Å². The lowest BCUT2D eigenvalue weighted by Crippen LogP contribution is -2.18. The highest BCUT2D eigenvalue weighted by Gasteiger charge is 2.30. The molecule has 0 spiro atoms. The van der Waals surface area contributed by atoms with Crippen LogP contribution in [0.1, 0.15) is 31.2 Å². The van der Waals surface area contributed by atoms with Crippen LogP contribution < -0.4 is 5.32 Å². The molecule has 0 bridgehead atoms. The molecule has 0 aromatic heterocycles. The molecule has 27 heavy (non-hydrogen) atoms. The van der Waals surface area contributed by atoms with E-state index in [9.17, 15) is 23.3 Å². The summed E-state index contributed by atoms with van der Waals surface area (Å²) in [4.78, 5) is 22.6. The fourth-order valence-electron chi connectivity index (χ4n) is 3.25. The summed E-state index contributed by atoms with van der Waals surface area (Å²) < 4.78 is 25.1. The number of nitro benzene ring substituents is 1. The molecule has 0 aliphatic heterocycles. The Morgan fingerprint density at radius 1 is 1.04 bits per heavy atom. The van der Waals surface area contributed by atoms with Gasteiger partial charge in [-0.2, -0.15) is 0 Å². The summed E-state index contributed by atoms with van der Waals surface area (Å²) in [6, 6.07) is 12.0. The number of hydrogen-bond donors (Lipinski definition) is 1. The van der Waals surface area contributed by atoms with Crippen molar-refractivity contribution in [3.8, 4) is 0 Å². The molecule has 1 saturated carbocycles. The fourth-order valence-corrected chi connectivity index (χ4v) is 5.10. The minimum Gasteiger partial charge on any atom is -0.326 e. The van der Waals surface area contributed by atoms with Gasteiger partial charge in [-0.1, -0.05) is 25.0 Å². The van der Waals surface area contributed by atoms with Crippen LogP contribution in [0.3, 0.4) is 0 Å². The number of non-ortho nitro benzene ring substituents is 1. The van der Waals surface area contributed by atoms with Crippen molar-refractivity contribution in [1.82, 2.24) is 0 Å². The molecule has 1 aliphatic carbocycles. The Balaban J connectivity index is 1.62. The monoisotopic (exact) mass is 388 g/mol. The minimum atomic E-state index is -3.31. The third-order valence-corrected chi connectivity index (χ3v) is 7.00. The standard InChI is InChI=1S/C19H20N2O5S/c22-19(13-14-5-9-16(10-6-14)21(23)24)20-15-7-11-18(12-8-15)27(25,26)17-3-1-2-4-17/h5-12,17H,1-4,13H2,(H,20,22). The number of rotatable bonds is 6. The smallest absolute Gasteiger partial charge is 0.269 e. The second kappa shape index (κ2) is 7.87. The van der Waals surface area contributed by atoms with E-state index in [0.717, 1.165) is 12.8 Å². The molecule has 2 aromatic rings. The number of benzene rings is 2. The van der Waals surface area contributed by atoms with Crippen molar-refractivity contribution in [3.63, 3.8) is 0 Å². The molecule has 0 atom stereocenters. The average Bonchev–Trinajstić information content (AvgIpc) is 3.18. The zero-order valence-electron chi connectivity index (χ0n) is 14.6. The van der Waals surface area contributed by atoms with Gasteiger partial charge in [0.05, 0.1) is 21.5 Å². The second-order valence-electron chi connectivity index (χ2n) is 6.62. The van der Waals surface area contributed by atoms with Gasteiger partial charge in [0.25, 0.3) is 5.69 Å². The maximum absolute atomic E-state index is 12.5. The third kappa shape index (κ3) is 4.51. The minimum absolute atomic E-state index is 0.0294. The molecule has 2 aromatic carbocycles. The van der Waals surface area contributed by atoms with Crippen molar-refractivity contribution in [2.45, 2.75) is 42.2 Å². The van der Waals surface area contributed by atoms with Crippen LogP contribution in [0, 0.1) is 10.1 Å². The normalized spacial score (nSPS) is 14.8. The lowest BCUT2D eigenvalue weighted by molar-refractivity contribution is -0.384. The van der Waals surface area contributed by atoms with Crippen LogP contribution in [0.4, 0.5) is 11.4 Å². The van der Waals surface area contributed by atoms with Crippen LogP contribution >= 0.6 is 0 Å². The van der Waals surface area contributed by atoms with Crippen LogP contribution in [-0.2, 0) is 21.1 Å². The van der Waals surface area contributed by atoms with Gasteiger partial charge in [0.1, 0.15) is 0 Å². The summed E-state index contributed by atoms with van der Waals surface area (Å²) in [5.74, 6) is -0.282. The maximum Gasteiger partial charge on any atom is 0.269 e. The Morgan fingerprint density at radius 2 is 1.63 bits per heavy atom. The Hall–Kier alpha value is -2.74. The summed E-state index contributed by atoms with van der Waals surface area (Å²) in [7, 11) is -3.31. The predicted octanol–water partition coefficient (Wildman–Crippen LogP) is 3.49. The molecule has 0 saturated heterocycles. The number of hydrogen-bond acceptors (Lipinski definition) is 5. The number of carbonyl (C=O) groups excluding carboxylic acids is 1. The number of carbonyl (C=O) groups is 1. The molecule has 142 valence electrons. The lowest BCUT2D eigenvalue weighted by Gasteiger charge is -2.12. The van der Waals surface area contributed by atoms with E-state index < -0.39 is 14.8 Å². The molecule has 1 amide bonds. The van der Waals surface area contributed by atoms with Crippen molar-refractivity contribution in [1.29, 1.82) is 0 Å². The number of nitro groups is 1. The fraction of sp³-hybridized carbons (Fsp3) is 0.316. The molecule has 0 heterocycles. The zero-order chi connectivity index (χ0) is 19.4. The molecule has 7 nitrogen and oxygen atoms in total. The number of nitrogens with one attached hydrogen (secondary N) is 1. The van der Waals surface area contributed by atoms with E-state index in [1.807, 2.05) is 0 Å². The summed E-state index contributed by atoms with van der Waals surface area (Å²) in [5.41, 5.74) is 1.13. The van der Waals surface area contributed by atoms with Gasteiger partial charge < -0.3 is 5.32 Å². The first kappa shape index (κ1) is 19.0. The van der Waals surface area contributed by atoms with Gasteiger partial charge in [-0.3, -0.25) is 14.9 Å². The van der Waals surface area contributed by atoms with Crippen molar-refractivity contribution >= 4 is 27.1 Å². The van der Waals surface area contributed by atoms with Gasteiger partial charge >= 0.3 is 0 Å². The number of sulfone groups is 1. The largest absolute Gasteiger partial charge is 0.326 e. The molecule has 1 aliphatic rings. The summed E-state index contributed by atoms with van der Waals surface area (Å²) >= 11 is 0. The van der Waals surface area contributed by atoms with E-state index in [1.165, 1.54) is 36.4 Å². The Labute approximate surface area is 157 Å². The molecule has 3 rings (SSSR count). The molecule has 0 radical (unpaired) electrons. The van der Waals surface area contributed by atoms with E-state index in [2.05, 4.69) is 5.32 Å². The third-order valence-electron chi connectivity index (χ3n) is 4.72. The quantitative estimate of drug-likeness (QED) is 0.602. The van der Waals surface area contributed by atoms with Gasteiger partial charge in [-0.25, -0.2) is 8.42 Å². The van der Waals surface area contributed by atoms with Crippen molar-refractivity contribution in [2.75, 3.05) is 5.32 Å². The van der Waals surface area contributed by atoms with Crippen molar-refractivity contribution in [3.05, 3.63) is 64.2 Å². The van der Waals surface area contributed by atoms with Gasteiger partial charge in [-0.15, -0.1) is 0 Å². The van der Waals surface area contributed by atoms with E-state index in [4.69, 9.17) is 0 Å². The Kier molecular flexibility index (Phi) is 5.55. The van der Waals surface area contributed by atoms with Gasteiger partial charge in [0.2, 0.25) is 5.91 Å². The average molecular weight is 388 g/mol. The van der Waals surface area contributed by atoms with Crippen LogP contribution in [0.15, 0.2) is 53.4 Å². The molecule has 0 unspecified atom stereocenters. The number of amides is 1. The first-order chi connectivity index (χ1) is 12.9. The van der Waals surface area contributed by atoms with E-state index in [0.29, 0.717) is 24.1 Å². The maximum atomic E-state index is 12.5. The first-order valence-corrected chi connectivity index (χ1v) is 10.3. The first-order valence-electron chi connectivity index (χ1n) is 8.73. The summed E-state index contributed by atoms with van der Waals surface area (Å²) in [6.45, 7) is 0. The zero-order valence-corrected chi connectivity index (χ0v) is 15.4. The topological polar surface area (TPSA) is 106 Å². The van der Waals surface area contributed by atoms with Gasteiger partial charge in [-0.05, 0) is 42.7 Å². The van der Waals surface area contributed by atoms with Crippen LogP contribution in [0.2, 0.25) is 0 Å². The molecule has 8 heteroatoms. The van der Waals surface area contributed by atoms with E-state index in [1.54, 1.807) is 12.1 Å². The van der Waals surface area contributed by atoms with Crippen LogP contribution in [-0.4, -0.2) is 24.5 Å². The van der Waals surface area contributed by atoms with E-state index in [-0.39, 0.29) is 28.2 Å². The van der Waals surface area contributed by atoms with Crippen molar-refractivity contribution < 1.29 is 18.1 Å². The Bertz CT molecular complexity index is 931. The number of nitrogens with zero attached hydrogens (tertiary/aromatic N) is 1. The Morgan fingerprint density at radius 3 is 2.19 bits per heavy atom. The molecular weight excluding hydrogens is 368 g/mol.